The van der Waals surface area contributed by atoms with E-state index in [0.717, 1.165) is 16.5 Å². The third-order valence-corrected chi connectivity index (χ3v) is 3.68. The predicted octanol–water partition coefficient (Wildman–Crippen LogP) is 3.74. The summed E-state index contributed by atoms with van der Waals surface area (Å²) in [5.41, 5.74) is 6.80. The lowest BCUT2D eigenvalue weighted by Crippen LogP contribution is -2.29. The smallest absolute Gasteiger partial charge is 0.134 e. The fraction of sp³-hybridized carbons (Fsp3) is 0.176. The quantitative estimate of drug-likeness (QED) is 0.569. The molecule has 0 fully saturated rings. The van der Waals surface area contributed by atoms with E-state index in [1.807, 2.05) is 32.0 Å². The molecule has 0 amide bonds. The molecule has 3 rings (SSSR count). The summed E-state index contributed by atoms with van der Waals surface area (Å²) in [6.07, 6.45) is 0. The Bertz CT molecular complexity index is 795. The van der Waals surface area contributed by atoms with Crippen LogP contribution in [0.4, 0.5) is 4.39 Å². The minimum Gasteiger partial charge on any atom is -0.459 e. The zero-order chi connectivity index (χ0) is 15.0. The zero-order valence-corrected chi connectivity index (χ0v) is 12.0. The Hall–Kier alpha value is -2.17. The number of rotatable bonds is 3. The molecule has 0 saturated carbocycles. The molecule has 108 valence electrons. The summed E-state index contributed by atoms with van der Waals surface area (Å²) in [7, 11) is 0. The van der Waals surface area contributed by atoms with Gasteiger partial charge in [-0.1, -0.05) is 23.8 Å². The molecule has 4 heteroatoms. The van der Waals surface area contributed by atoms with Crippen LogP contribution in [-0.2, 0) is 0 Å². The van der Waals surface area contributed by atoms with Gasteiger partial charge in [-0.25, -0.2) is 9.82 Å². The Morgan fingerprint density at radius 1 is 1.10 bits per heavy atom. The van der Waals surface area contributed by atoms with Gasteiger partial charge in [0, 0.05) is 5.39 Å². The van der Waals surface area contributed by atoms with Crippen LogP contribution < -0.4 is 11.3 Å². The van der Waals surface area contributed by atoms with Crippen LogP contribution in [0.1, 0.15) is 28.5 Å². The third kappa shape index (κ3) is 2.55. The molecule has 0 saturated heterocycles. The molecule has 0 aliphatic rings. The first-order valence-corrected chi connectivity index (χ1v) is 6.81. The van der Waals surface area contributed by atoms with Crippen molar-refractivity contribution in [1.29, 1.82) is 0 Å². The molecule has 2 aromatic carbocycles. The van der Waals surface area contributed by atoms with Crippen molar-refractivity contribution in [2.75, 3.05) is 0 Å². The van der Waals surface area contributed by atoms with Crippen LogP contribution >= 0.6 is 0 Å². The molecular formula is C17H17FN2O. The average Bonchev–Trinajstić information content (AvgIpc) is 2.84. The monoisotopic (exact) mass is 284 g/mol. The van der Waals surface area contributed by atoms with Gasteiger partial charge < -0.3 is 4.42 Å². The van der Waals surface area contributed by atoms with Crippen molar-refractivity contribution in [3.05, 3.63) is 70.7 Å². The van der Waals surface area contributed by atoms with Gasteiger partial charge in [-0.05, 0) is 49.2 Å². The van der Waals surface area contributed by atoms with Gasteiger partial charge >= 0.3 is 0 Å². The normalized spacial score (nSPS) is 12.8. The summed E-state index contributed by atoms with van der Waals surface area (Å²) >= 11 is 0. The highest BCUT2D eigenvalue weighted by Gasteiger charge is 2.19. The average molecular weight is 284 g/mol. The van der Waals surface area contributed by atoms with Crippen molar-refractivity contribution in [3.63, 3.8) is 0 Å². The molecule has 21 heavy (non-hydrogen) atoms. The number of aryl methyl sites for hydroxylation is 2. The van der Waals surface area contributed by atoms with E-state index in [1.165, 1.54) is 17.7 Å². The SMILES string of the molecule is Cc1ccc(C(NN)c2cc3cc(F)ccc3o2)c(C)c1. The summed E-state index contributed by atoms with van der Waals surface area (Å²) in [5.74, 6) is 6.10. The Balaban J connectivity index is 2.09. The van der Waals surface area contributed by atoms with Crippen molar-refractivity contribution < 1.29 is 8.81 Å². The van der Waals surface area contributed by atoms with E-state index in [1.54, 1.807) is 6.07 Å². The summed E-state index contributed by atoms with van der Waals surface area (Å²) in [6, 6.07) is 12.2. The van der Waals surface area contributed by atoms with Gasteiger partial charge in [0.05, 0.1) is 0 Å². The van der Waals surface area contributed by atoms with Crippen molar-refractivity contribution in [2.24, 2.45) is 5.84 Å². The lowest BCUT2D eigenvalue weighted by atomic mass is 9.98. The first-order valence-electron chi connectivity index (χ1n) is 6.81. The van der Waals surface area contributed by atoms with Gasteiger partial charge in [-0.3, -0.25) is 5.84 Å². The fourth-order valence-corrected chi connectivity index (χ4v) is 2.65. The first kappa shape index (κ1) is 13.8. The molecule has 1 unspecified atom stereocenters. The van der Waals surface area contributed by atoms with E-state index in [0.29, 0.717) is 11.3 Å². The van der Waals surface area contributed by atoms with Crippen LogP contribution in [0.25, 0.3) is 11.0 Å². The number of hydrogen-bond acceptors (Lipinski definition) is 3. The molecular weight excluding hydrogens is 267 g/mol. The first-order chi connectivity index (χ1) is 10.1. The van der Waals surface area contributed by atoms with E-state index in [4.69, 9.17) is 10.3 Å². The second kappa shape index (κ2) is 5.31. The lowest BCUT2D eigenvalue weighted by Gasteiger charge is -2.16. The Morgan fingerprint density at radius 2 is 1.90 bits per heavy atom. The van der Waals surface area contributed by atoms with Gasteiger partial charge in [0.2, 0.25) is 0 Å². The maximum atomic E-state index is 13.3. The zero-order valence-electron chi connectivity index (χ0n) is 12.0. The van der Waals surface area contributed by atoms with Crippen LogP contribution in [0, 0.1) is 19.7 Å². The van der Waals surface area contributed by atoms with Crippen LogP contribution in [0.3, 0.4) is 0 Å². The molecule has 1 heterocycles. The highest BCUT2D eigenvalue weighted by molar-refractivity contribution is 5.78. The van der Waals surface area contributed by atoms with Crippen LogP contribution in [0.2, 0.25) is 0 Å². The van der Waals surface area contributed by atoms with E-state index < -0.39 is 0 Å². The molecule has 3 N–H and O–H groups in total. The highest BCUT2D eigenvalue weighted by atomic mass is 19.1. The molecule has 1 atom stereocenters. The topological polar surface area (TPSA) is 51.2 Å². The number of benzene rings is 2. The van der Waals surface area contributed by atoms with Gasteiger partial charge in [0.25, 0.3) is 0 Å². The van der Waals surface area contributed by atoms with Crippen LogP contribution in [-0.4, -0.2) is 0 Å². The minimum atomic E-state index is -0.279. The Labute approximate surface area is 122 Å². The Kier molecular flexibility index (Phi) is 3.49. The number of furan rings is 1. The van der Waals surface area contributed by atoms with Crippen LogP contribution in [0.15, 0.2) is 46.9 Å². The summed E-state index contributed by atoms with van der Waals surface area (Å²) < 4.78 is 19.1. The summed E-state index contributed by atoms with van der Waals surface area (Å²) in [5, 5.41) is 0.731. The molecule has 1 aromatic heterocycles. The summed E-state index contributed by atoms with van der Waals surface area (Å²) in [6.45, 7) is 4.08. The second-order valence-electron chi connectivity index (χ2n) is 5.29. The van der Waals surface area contributed by atoms with Crippen molar-refractivity contribution in [3.8, 4) is 0 Å². The van der Waals surface area contributed by atoms with Crippen LogP contribution in [0.5, 0.6) is 0 Å². The number of fused-ring (bicyclic) bond motifs is 1. The van der Waals surface area contributed by atoms with E-state index >= 15 is 0 Å². The molecule has 3 aromatic rings. The Morgan fingerprint density at radius 3 is 2.62 bits per heavy atom. The number of hydrogen-bond donors (Lipinski definition) is 2. The number of halogens is 1. The van der Waals surface area contributed by atoms with Crippen molar-refractivity contribution in [1.82, 2.24) is 5.43 Å². The third-order valence-electron chi connectivity index (χ3n) is 3.68. The highest BCUT2D eigenvalue weighted by Crippen LogP contribution is 2.30. The molecule has 0 aliphatic carbocycles. The van der Waals surface area contributed by atoms with Crippen molar-refractivity contribution >= 4 is 11.0 Å². The van der Waals surface area contributed by atoms with E-state index in [2.05, 4.69) is 11.5 Å². The molecule has 0 bridgehead atoms. The molecule has 0 spiro atoms. The second-order valence-corrected chi connectivity index (χ2v) is 5.29. The minimum absolute atomic E-state index is 0.263. The number of nitrogens with one attached hydrogen (secondary N) is 1. The molecule has 0 radical (unpaired) electrons. The fourth-order valence-electron chi connectivity index (χ4n) is 2.65. The van der Waals surface area contributed by atoms with Crippen molar-refractivity contribution in [2.45, 2.75) is 19.9 Å². The maximum Gasteiger partial charge on any atom is 0.134 e. The van der Waals surface area contributed by atoms with Gasteiger partial charge in [0.15, 0.2) is 0 Å². The largest absolute Gasteiger partial charge is 0.459 e. The molecule has 0 aliphatic heterocycles. The van der Waals surface area contributed by atoms with Gasteiger partial charge in [-0.15, -0.1) is 0 Å². The summed E-state index contributed by atoms with van der Waals surface area (Å²) in [4.78, 5) is 0. The standard InChI is InChI=1S/C17H17FN2O/c1-10-3-5-14(11(2)7-10)17(20-19)16-9-12-8-13(18)4-6-15(12)21-16/h3-9,17,20H,19H2,1-2H3. The van der Waals surface area contributed by atoms with Gasteiger partial charge in [0.1, 0.15) is 23.2 Å². The van der Waals surface area contributed by atoms with E-state index in [-0.39, 0.29) is 11.9 Å². The lowest BCUT2D eigenvalue weighted by molar-refractivity contribution is 0.476. The number of hydrazine groups is 1. The van der Waals surface area contributed by atoms with E-state index in [9.17, 15) is 4.39 Å². The predicted molar refractivity (Wildman–Crippen MR) is 81.3 cm³/mol. The van der Waals surface area contributed by atoms with Gasteiger partial charge in [-0.2, -0.15) is 0 Å². The number of nitrogens with two attached hydrogens (primary N) is 1. The molecule has 3 nitrogen and oxygen atoms in total. The maximum absolute atomic E-state index is 13.3.